The lowest BCUT2D eigenvalue weighted by Gasteiger charge is -2.26. The largest absolute Gasteiger partial charge is 0.505 e. The summed E-state index contributed by atoms with van der Waals surface area (Å²) >= 11 is 6.23. The predicted octanol–water partition coefficient (Wildman–Crippen LogP) is 3.59. The maximum Gasteiger partial charge on any atom is 0.295 e. The third kappa shape index (κ3) is 3.67. The Balaban J connectivity index is 1.95. The number of aliphatic hydroxyl groups excluding tert-OH is 1. The average molecular weight is 453 g/mol. The fourth-order valence-electron chi connectivity index (χ4n) is 4.17. The molecule has 1 aliphatic heterocycles. The highest BCUT2D eigenvalue weighted by Gasteiger charge is 2.46. The van der Waals surface area contributed by atoms with Crippen LogP contribution in [0.3, 0.4) is 0 Å². The molecule has 0 aliphatic carbocycles. The predicted molar refractivity (Wildman–Crippen MR) is 124 cm³/mol. The quantitative estimate of drug-likeness (QED) is 0.363. The van der Waals surface area contributed by atoms with Gasteiger partial charge in [0.05, 0.1) is 17.3 Å². The molecule has 3 aromatic rings. The number of nitrogens with zero attached hydrogens (tertiary/aromatic N) is 4. The van der Waals surface area contributed by atoms with Gasteiger partial charge in [0.15, 0.2) is 5.76 Å². The minimum Gasteiger partial charge on any atom is -0.505 e. The summed E-state index contributed by atoms with van der Waals surface area (Å²) in [6, 6.07) is 10.1. The molecule has 1 aliphatic rings. The van der Waals surface area contributed by atoms with E-state index in [-0.39, 0.29) is 11.3 Å². The van der Waals surface area contributed by atoms with E-state index in [9.17, 15) is 14.7 Å². The number of aryl methyl sites for hydroxylation is 2. The van der Waals surface area contributed by atoms with Crippen molar-refractivity contribution in [3.05, 3.63) is 75.7 Å². The molecule has 0 unspecified atom stereocenters. The molecule has 1 saturated heterocycles. The van der Waals surface area contributed by atoms with Crippen molar-refractivity contribution in [3.8, 4) is 0 Å². The van der Waals surface area contributed by atoms with Gasteiger partial charge in [-0.15, -0.1) is 0 Å². The van der Waals surface area contributed by atoms with Crippen molar-refractivity contribution in [2.75, 3.05) is 27.2 Å². The zero-order valence-corrected chi connectivity index (χ0v) is 19.2. The number of likely N-dealkylation sites (N-methyl/N-ethyl adjacent to an activating group) is 1. The maximum atomic E-state index is 13.2. The van der Waals surface area contributed by atoms with Crippen LogP contribution in [0.4, 0.5) is 0 Å². The van der Waals surface area contributed by atoms with E-state index in [4.69, 9.17) is 11.6 Å². The molecular weight excluding hydrogens is 428 g/mol. The molecule has 7 nitrogen and oxygen atoms in total. The van der Waals surface area contributed by atoms with Crippen LogP contribution < -0.4 is 0 Å². The van der Waals surface area contributed by atoms with Crippen LogP contribution in [0.5, 0.6) is 0 Å². The maximum absolute atomic E-state index is 13.2. The topological polar surface area (TPSA) is 78.1 Å². The molecule has 32 heavy (non-hydrogen) atoms. The fraction of sp³-hybridized carbons (Fsp3) is 0.292. The molecule has 0 bridgehead atoms. The molecule has 4 rings (SSSR count). The molecule has 1 atom stereocenters. The number of carbonyl (C=O) groups is 2. The first-order valence-corrected chi connectivity index (χ1v) is 10.7. The number of aromatic nitrogens is 2. The molecule has 1 N–H and O–H groups in total. The molecule has 1 amide bonds. The van der Waals surface area contributed by atoms with E-state index in [0.717, 1.165) is 5.56 Å². The zero-order chi connectivity index (χ0) is 23.2. The molecule has 1 aromatic carbocycles. The second kappa shape index (κ2) is 8.41. The molecule has 3 heterocycles. The number of hydrogen-bond donors (Lipinski definition) is 1. The Labute approximate surface area is 191 Å². The van der Waals surface area contributed by atoms with Gasteiger partial charge >= 0.3 is 0 Å². The van der Waals surface area contributed by atoms with Gasteiger partial charge in [-0.1, -0.05) is 29.8 Å². The Kier molecular flexibility index (Phi) is 5.79. The highest BCUT2D eigenvalue weighted by Crippen LogP contribution is 2.40. The third-order valence-corrected chi connectivity index (χ3v) is 5.97. The van der Waals surface area contributed by atoms with Crippen molar-refractivity contribution in [3.63, 3.8) is 0 Å². The Morgan fingerprint density at radius 3 is 2.62 bits per heavy atom. The van der Waals surface area contributed by atoms with Crippen LogP contribution in [0.1, 0.15) is 28.6 Å². The number of rotatable bonds is 5. The van der Waals surface area contributed by atoms with Crippen molar-refractivity contribution in [1.82, 2.24) is 19.2 Å². The van der Waals surface area contributed by atoms with Crippen LogP contribution in [0, 0.1) is 13.8 Å². The number of pyridine rings is 1. The van der Waals surface area contributed by atoms with Gasteiger partial charge in [0.1, 0.15) is 11.3 Å². The fourth-order valence-corrected chi connectivity index (χ4v) is 4.37. The number of likely N-dealkylation sites (tertiary alicyclic amines) is 1. The van der Waals surface area contributed by atoms with Gasteiger partial charge in [0, 0.05) is 24.3 Å². The monoisotopic (exact) mass is 452 g/mol. The minimum absolute atomic E-state index is 0.0439. The zero-order valence-electron chi connectivity index (χ0n) is 18.5. The second-order valence-corrected chi connectivity index (χ2v) is 8.72. The Morgan fingerprint density at radius 2 is 1.94 bits per heavy atom. The number of aliphatic hydroxyl groups is 1. The van der Waals surface area contributed by atoms with E-state index < -0.39 is 17.7 Å². The lowest BCUT2D eigenvalue weighted by molar-refractivity contribution is -0.140. The number of benzene rings is 1. The van der Waals surface area contributed by atoms with Gasteiger partial charge in [-0.05, 0) is 57.3 Å². The van der Waals surface area contributed by atoms with Crippen molar-refractivity contribution >= 4 is 34.7 Å². The first kappa shape index (κ1) is 22.0. The van der Waals surface area contributed by atoms with Crippen LogP contribution in [-0.2, 0) is 9.59 Å². The van der Waals surface area contributed by atoms with Crippen LogP contribution in [-0.4, -0.2) is 63.2 Å². The smallest absolute Gasteiger partial charge is 0.295 e. The van der Waals surface area contributed by atoms with E-state index >= 15 is 0 Å². The Morgan fingerprint density at radius 1 is 1.19 bits per heavy atom. The van der Waals surface area contributed by atoms with Crippen LogP contribution in [0.25, 0.3) is 11.4 Å². The number of Topliss-reactive ketones (excluding diaryl/α,β-unsaturated/α-hetero) is 1. The summed E-state index contributed by atoms with van der Waals surface area (Å²) in [5, 5.41) is 11.9. The van der Waals surface area contributed by atoms with Gasteiger partial charge in [-0.3, -0.25) is 14.0 Å². The SMILES string of the molecule is Cc1nc2c(C)cccn2c1/C(O)=C1\C(=O)C(=O)N(CCN(C)C)[C@@H]1c1cccc(Cl)c1. The highest BCUT2D eigenvalue weighted by molar-refractivity contribution is 6.46. The lowest BCUT2D eigenvalue weighted by atomic mass is 9.96. The van der Waals surface area contributed by atoms with Crippen LogP contribution >= 0.6 is 11.6 Å². The van der Waals surface area contributed by atoms with Gasteiger partial charge in [0.25, 0.3) is 11.7 Å². The molecule has 8 heteroatoms. The van der Waals surface area contributed by atoms with Crippen molar-refractivity contribution < 1.29 is 14.7 Å². The van der Waals surface area contributed by atoms with Crippen LogP contribution in [0.2, 0.25) is 5.02 Å². The summed E-state index contributed by atoms with van der Waals surface area (Å²) in [5.41, 5.74) is 3.31. The molecular formula is C24H25ClN4O3. The second-order valence-electron chi connectivity index (χ2n) is 8.28. The summed E-state index contributed by atoms with van der Waals surface area (Å²) < 4.78 is 1.75. The number of fused-ring (bicyclic) bond motifs is 1. The average Bonchev–Trinajstić information content (AvgIpc) is 3.21. The van der Waals surface area contributed by atoms with E-state index in [1.54, 1.807) is 35.7 Å². The summed E-state index contributed by atoms with van der Waals surface area (Å²) in [7, 11) is 3.80. The van der Waals surface area contributed by atoms with E-state index in [0.29, 0.717) is 40.7 Å². The Bertz CT molecular complexity index is 1260. The van der Waals surface area contributed by atoms with E-state index in [2.05, 4.69) is 4.98 Å². The number of ketones is 1. The lowest BCUT2D eigenvalue weighted by Crippen LogP contribution is -2.35. The number of imidazole rings is 1. The van der Waals surface area contributed by atoms with Gasteiger partial charge in [0.2, 0.25) is 0 Å². The summed E-state index contributed by atoms with van der Waals surface area (Å²) in [6.45, 7) is 4.60. The normalized spacial score (nSPS) is 18.3. The van der Waals surface area contributed by atoms with E-state index in [1.807, 2.05) is 44.1 Å². The summed E-state index contributed by atoms with van der Waals surface area (Å²) in [6.07, 6.45) is 1.79. The summed E-state index contributed by atoms with van der Waals surface area (Å²) in [4.78, 5) is 34.2. The molecule has 2 aromatic heterocycles. The highest BCUT2D eigenvalue weighted by atomic mass is 35.5. The standard InChI is InChI=1S/C24H25ClN4O3/c1-14-7-6-10-28-19(15(2)26-23(14)28)21(30)18-20(16-8-5-9-17(25)13-16)29(12-11-27(3)4)24(32)22(18)31/h5-10,13,20,30H,11-12H2,1-4H3/b21-18+/t20-/m1/s1. The van der Waals surface area contributed by atoms with Gasteiger partial charge in [-0.25, -0.2) is 4.98 Å². The first-order chi connectivity index (χ1) is 15.2. The molecule has 0 radical (unpaired) electrons. The van der Waals surface area contributed by atoms with Crippen molar-refractivity contribution in [1.29, 1.82) is 0 Å². The number of amides is 1. The van der Waals surface area contributed by atoms with Crippen molar-refractivity contribution in [2.45, 2.75) is 19.9 Å². The van der Waals surface area contributed by atoms with Crippen molar-refractivity contribution in [2.24, 2.45) is 0 Å². The summed E-state index contributed by atoms with van der Waals surface area (Å²) in [5.74, 6) is -1.59. The number of halogens is 1. The molecule has 166 valence electrons. The number of carbonyl (C=O) groups excluding carboxylic acids is 2. The van der Waals surface area contributed by atoms with Crippen LogP contribution in [0.15, 0.2) is 48.2 Å². The third-order valence-electron chi connectivity index (χ3n) is 5.74. The molecule has 0 saturated carbocycles. The van der Waals surface area contributed by atoms with Gasteiger partial charge < -0.3 is 14.9 Å². The molecule has 1 fully saturated rings. The molecule has 0 spiro atoms. The van der Waals surface area contributed by atoms with E-state index in [1.165, 1.54) is 4.90 Å². The Hall–Kier alpha value is -3.16. The first-order valence-electron chi connectivity index (χ1n) is 10.3. The number of hydrogen-bond acceptors (Lipinski definition) is 5. The van der Waals surface area contributed by atoms with Gasteiger partial charge in [-0.2, -0.15) is 0 Å². The minimum atomic E-state index is -0.747.